The molecule has 0 spiro atoms. The normalized spacial score (nSPS) is 19.8. The zero-order chi connectivity index (χ0) is 27.1. The first-order valence-electron chi connectivity index (χ1n) is 12.0. The number of amides is 1. The van der Waals surface area contributed by atoms with Crippen LogP contribution < -0.4 is 0 Å². The van der Waals surface area contributed by atoms with E-state index in [1.54, 1.807) is 53.7 Å². The fourth-order valence-electron chi connectivity index (χ4n) is 4.55. The van der Waals surface area contributed by atoms with Crippen molar-refractivity contribution in [3.05, 3.63) is 42.5 Å². The van der Waals surface area contributed by atoms with E-state index < -0.39 is 55.9 Å². The largest absolute Gasteiger partial charge is 0.480 e. The van der Waals surface area contributed by atoms with Gasteiger partial charge in [0.15, 0.2) is 9.84 Å². The molecule has 1 N–H and O–H groups in total. The lowest BCUT2D eigenvalue weighted by Crippen LogP contribution is -2.47. The highest BCUT2D eigenvalue weighted by molar-refractivity contribution is 7.92. The Bertz CT molecular complexity index is 1270. The number of hydrogen-bond acceptors (Lipinski definition) is 6. The van der Waals surface area contributed by atoms with Crippen molar-refractivity contribution in [2.45, 2.75) is 76.2 Å². The van der Waals surface area contributed by atoms with Gasteiger partial charge in [0.2, 0.25) is 5.91 Å². The number of sulfone groups is 1. The van der Waals surface area contributed by atoms with E-state index in [2.05, 4.69) is 0 Å². The van der Waals surface area contributed by atoms with Crippen molar-refractivity contribution >= 4 is 38.5 Å². The molecule has 8 nitrogen and oxygen atoms in total. The molecule has 1 unspecified atom stereocenters. The zero-order valence-electron chi connectivity index (χ0n) is 21.6. The Kier molecular flexibility index (Phi) is 7.56. The minimum atomic E-state index is -3.92. The molecule has 2 aromatic carbocycles. The first-order valence-corrected chi connectivity index (χ1v) is 13.5. The van der Waals surface area contributed by atoms with E-state index >= 15 is 0 Å². The topological polar surface area (TPSA) is 118 Å². The quantitative estimate of drug-likeness (QED) is 0.574. The standard InChI is InChI=1S/C27H35NO7S/c1-26(2,3)21(15-23(29)35-27(4,5)6)24(30)28-16-20(14-22(28)25(31)32)36(33,34)19-12-11-17-9-7-8-10-18(17)13-19/h7-13,20-22H,14-16H2,1-6H3,(H,31,32)/t20-,21?,22+/m1/s1. The van der Waals surface area contributed by atoms with Gasteiger partial charge in [-0.25, -0.2) is 13.2 Å². The van der Waals surface area contributed by atoms with Crippen LogP contribution in [0, 0.1) is 11.3 Å². The molecule has 0 bridgehead atoms. The van der Waals surface area contributed by atoms with E-state index in [-0.39, 0.29) is 24.3 Å². The van der Waals surface area contributed by atoms with Crippen molar-refractivity contribution < 1.29 is 32.6 Å². The molecule has 0 aromatic heterocycles. The molecule has 1 fully saturated rings. The highest BCUT2D eigenvalue weighted by atomic mass is 32.2. The van der Waals surface area contributed by atoms with Gasteiger partial charge in [-0.3, -0.25) is 9.59 Å². The number of nitrogens with zero attached hydrogens (tertiary/aromatic N) is 1. The van der Waals surface area contributed by atoms with E-state index in [1.807, 2.05) is 24.3 Å². The molecule has 0 aliphatic carbocycles. The van der Waals surface area contributed by atoms with Crippen LogP contribution in [0.3, 0.4) is 0 Å². The molecule has 1 saturated heterocycles. The Balaban J connectivity index is 1.91. The molecule has 1 aliphatic heterocycles. The predicted octanol–water partition coefficient (Wildman–Crippen LogP) is 4.06. The molecule has 3 rings (SSSR count). The summed E-state index contributed by atoms with van der Waals surface area (Å²) in [6, 6.07) is 10.9. The molecule has 2 aromatic rings. The van der Waals surface area contributed by atoms with Crippen LogP contribution in [-0.2, 0) is 29.0 Å². The first kappa shape index (κ1) is 27.6. The number of aliphatic carboxylic acids is 1. The van der Waals surface area contributed by atoms with Crippen molar-refractivity contribution in [1.29, 1.82) is 0 Å². The maximum Gasteiger partial charge on any atom is 0.326 e. The number of benzene rings is 2. The number of carboxylic acids is 1. The summed E-state index contributed by atoms with van der Waals surface area (Å²) >= 11 is 0. The van der Waals surface area contributed by atoms with Crippen LogP contribution in [0.4, 0.5) is 0 Å². The second kappa shape index (κ2) is 9.84. The fourth-order valence-corrected chi connectivity index (χ4v) is 6.28. The maximum atomic E-state index is 13.7. The lowest BCUT2D eigenvalue weighted by Gasteiger charge is -2.34. The average molecular weight is 518 g/mol. The zero-order valence-corrected chi connectivity index (χ0v) is 22.5. The molecular weight excluding hydrogens is 482 g/mol. The highest BCUT2D eigenvalue weighted by Gasteiger charge is 2.48. The van der Waals surface area contributed by atoms with Gasteiger partial charge in [0.1, 0.15) is 11.6 Å². The van der Waals surface area contributed by atoms with Gasteiger partial charge in [-0.15, -0.1) is 0 Å². The number of likely N-dealkylation sites (tertiary alicyclic amines) is 1. The number of carbonyl (C=O) groups is 3. The lowest BCUT2D eigenvalue weighted by atomic mass is 9.77. The number of hydrogen-bond donors (Lipinski definition) is 1. The molecule has 3 atom stereocenters. The Morgan fingerprint density at radius 2 is 1.64 bits per heavy atom. The van der Waals surface area contributed by atoms with Crippen LogP contribution in [0.15, 0.2) is 47.4 Å². The van der Waals surface area contributed by atoms with Crippen LogP contribution >= 0.6 is 0 Å². The number of rotatable bonds is 6. The number of carbonyl (C=O) groups excluding carboxylic acids is 2. The van der Waals surface area contributed by atoms with E-state index in [4.69, 9.17) is 4.74 Å². The Labute approximate surface area is 212 Å². The summed E-state index contributed by atoms with van der Waals surface area (Å²) < 4.78 is 32.4. The smallest absolute Gasteiger partial charge is 0.326 e. The SMILES string of the molecule is CC(C)(C)OC(=O)CC(C(=O)N1C[C@H](S(=O)(=O)c2ccc3ccccc3c2)C[C@H]1C(=O)O)C(C)(C)C. The van der Waals surface area contributed by atoms with Crippen molar-refractivity contribution in [3.63, 3.8) is 0 Å². The summed E-state index contributed by atoms with van der Waals surface area (Å²) in [6.07, 6.45) is -0.454. The van der Waals surface area contributed by atoms with Gasteiger partial charge >= 0.3 is 11.9 Å². The van der Waals surface area contributed by atoms with Gasteiger partial charge in [-0.05, 0) is 55.5 Å². The second-order valence-electron chi connectivity index (χ2n) is 11.5. The summed E-state index contributed by atoms with van der Waals surface area (Å²) in [5.74, 6) is -3.28. The van der Waals surface area contributed by atoms with E-state index in [1.165, 1.54) is 6.07 Å². The third-order valence-corrected chi connectivity index (χ3v) is 8.58. The van der Waals surface area contributed by atoms with Crippen LogP contribution in [-0.4, -0.2) is 59.7 Å². The van der Waals surface area contributed by atoms with Gasteiger partial charge in [0.05, 0.1) is 22.5 Å². The van der Waals surface area contributed by atoms with Gasteiger partial charge in [0, 0.05) is 6.54 Å². The predicted molar refractivity (Wildman–Crippen MR) is 136 cm³/mol. The maximum absolute atomic E-state index is 13.7. The Morgan fingerprint density at radius 1 is 1.03 bits per heavy atom. The van der Waals surface area contributed by atoms with Crippen LogP contribution in [0.1, 0.15) is 54.4 Å². The lowest BCUT2D eigenvalue weighted by molar-refractivity contribution is -0.161. The molecular formula is C27H35NO7S. The van der Waals surface area contributed by atoms with Gasteiger partial charge in [-0.2, -0.15) is 0 Å². The fraction of sp³-hybridized carbons (Fsp3) is 0.519. The van der Waals surface area contributed by atoms with Gasteiger partial charge in [0.25, 0.3) is 0 Å². The highest BCUT2D eigenvalue weighted by Crippen LogP contribution is 2.36. The van der Waals surface area contributed by atoms with Crippen LogP contribution in [0.5, 0.6) is 0 Å². The Hall–Kier alpha value is -2.94. The molecule has 1 aliphatic rings. The van der Waals surface area contributed by atoms with E-state index in [0.717, 1.165) is 15.7 Å². The second-order valence-corrected chi connectivity index (χ2v) is 13.7. The minimum absolute atomic E-state index is 0.0887. The third-order valence-electron chi connectivity index (χ3n) is 6.45. The molecule has 1 heterocycles. The van der Waals surface area contributed by atoms with Crippen LogP contribution in [0.2, 0.25) is 0 Å². The van der Waals surface area contributed by atoms with Gasteiger partial charge < -0.3 is 14.7 Å². The van der Waals surface area contributed by atoms with Crippen molar-refractivity contribution in [3.8, 4) is 0 Å². The molecule has 0 radical (unpaired) electrons. The number of fused-ring (bicyclic) bond motifs is 1. The summed E-state index contributed by atoms with van der Waals surface area (Å²) in [5, 5.41) is 10.4. The van der Waals surface area contributed by atoms with E-state index in [0.29, 0.717) is 0 Å². The molecule has 36 heavy (non-hydrogen) atoms. The molecule has 0 saturated carbocycles. The first-order chi connectivity index (χ1) is 16.5. The molecule has 1 amide bonds. The molecule has 9 heteroatoms. The van der Waals surface area contributed by atoms with Crippen molar-refractivity contribution in [2.75, 3.05) is 6.54 Å². The summed E-state index contributed by atoms with van der Waals surface area (Å²) in [7, 11) is -3.92. The van der Waals surface area contributed by atoms with Crippen molar-refractivity contribution in [2.24, 2.45) is 11.3 Å². The van der Waals surface area contributed by atoms with Crippen molar-refractivity contribution in [1.82, 2.24) is 4.90 Å². The number of ether oxygens (including phenoxy) is 1. The third kappa shape index (κ3) is 6.06. The monoisotopic (exact) mass is 517 g/mol. The molecule has 196 valence electrons. The van der Waals surface area contributed by atoms with Gasteiger partial charge in [-0.1, -0.05) is 51.1 Å². The Morgan fingerprint density at radius 3 is 2.19 bits per heavy atom. The summed E-state index contributed by atoms with van der Waals surface area (Å²) in [6.45, 7) is 10.3. The van der Waals surface area contributed by atoms with E-state index in [9.17, 15) is 27.9 Å². The average Bonchev–Trinajstić information content (AvgIpc) is 3.21. The summed E-state index contributed by atoms with van der Waals surface area (Å²) in [4.78, 5) is 39.5. The minimum Gasteiger partial charge on any atom is -0.480 e. The number of carboxylic acid groups (broad SMARTS) is 1. The van der Waals surface area contributed by atoms with Crippen LogP contribution in [0.25, 0.3) is 10.8 Å². The number of esters is 1. The summed E-state index contributed by atoms with van der Waals surface area (Å²) in [5.41, 5.74) is -1.43.